The lowest BCUT2D eigenvalue weighted by molar-refractivity contribution is 0.164. The smallest absolute Gasteiger partial charge is 0.411 e. The maximum absolute atomic E-state index is 11.9. The Kier molecular flexibility index (Phi) is 5.23. The number of amides is 1. The summed E-state index contributed by atoms with van der Waals surface area (Å²) < 4.78 is 3.33. The van der Waals surface area contributed by atoms with Crippen LogP contribution in [0.4, 0.5) is 10.5 Å². The molecule has 0 bridgehead atoms. The van der Waals surface area contributed by atoms with E-state index in [1.54, 1.807) is 0 Å². The van der Waals surface area contributed by atoms with Gasteiger partial charge in [0, 0.05) is 11.4 Å². The molecule has 1 aromatic rings. The number of nitrogens with zero attached hydrogens (tertiary/aromatic N) is 1. The molecule has 0 saturated heterocycles. The number of anilines is 1. The van der Waals surface area contributed by atoms with Crippen LogP contribution in [0.3, 0.4) is 0 Å². The molecule has 1 heterocycles. The Morgan fingerprint density at radius 3 is 2.71 bits per heavy atom. The first-order valence-electron chi connectivity index (χ1n) is 6.83. The van der Waals surface area contributed by atoms with Crippen LogP contribution in [0.5, 0.6) is 0 Å². The Hall–Kier alpha value is -0.710. The zero-order valence-corrected chi connectivity index (χ0v) is 14.2. The fourth-order valence-electron chi connectivity index (χ4n) is 2.62. The van der Waals surface area contributed by atoms with Gasteiger partial charge in [-0.15, -0.1) is 0 Å². The van der Waals surface area contributed by atoms with Crippen LogP contribution in [0.1, 0.15) is 35.9 Å². The zero-order valence-electron chi connectivity index (χ0n) is 11.9. The van der Waals surface area contributed by atoms with Crippen LogP contribution in [0, 0.1) is 6.92 Å². The van der Waals surface area contributed by atoms with E-state index in [0.29, 0.717) is 0 Å². The highest BCUT2D eigenvalue weighted by atomic mass is 35.6. The molecule has 0 fully saturated rings. The van der Waals surface area contributed by atoms with Crippen molar-refractivity contribution in [3.8, 4) is 0 Å². The molecule has 0 aliphatic heterocycles. The van der Waals surface area contributed by atoms with Crippen LogP contribution < -0.4 is 5.32 Å². The Balaban J connectivity index is 2.21. The first kappa shape index (κ1) is 16.7. The third-order valence-electron chi connectivity index (χ3n) is 3.48. The third kappa shape index (κ3) is 4.15. The minimum atomic E-state index is -1.61. The Morgan fingerprint density at radius 1 is 1.38 bits per heavy atom. The predicted molar refractivity (Wildman–Crippen MR) is 85.6 cm³/mol. The normalized spacial score (nSPS) is 14.0. The second-order valence-electron chi connectivity index (χ2n) is 5.00. The summed E-state index contributed by atoms with van der Waals surface area (Å²) in [6.07, 6.45) is 3.07. The van der Waals surface area contributed by atoms with Crippen LogP contribution in [0.2, 0.25) is 0 Å². The number of aromatic nitrogens is 1. The molecule has 1 aliphatic carbocycles. The van der Waals surface area contributed by atoms with Crippen molar-refractivity contribution in [3.63, 3.8) is 0 Å². The van der Waals surface area contributed by atoms with E-state index in [-0.39, 0.29) is 6.61 Å². The second-order valence-corrected chi connectivity index (χ2v) is 7.52. The summed E-state index contributed by atoms with van der Waals surface area (Å²) in [4.78, 5) is 16.5. The number of rotatable bonds is 3. The molecule has 1 aliphatic rings. The lowest BCUT2D eigenvalue weighted by Crippen LogP contribution is -2.22. The largest absolute Gasteiger partial charge is 0.445 e. The van der Waals surface area contributed by atoms with Crippen molar-refractivity contribution in [2.24, 2.45) is 0 Å². The van der Waals surface area contributed by atoms with Crippen molar-refractivity contribution in [2.45, 2.75) is 43.3 Å². The van der Waals surface area contributed by atoms with Gasteiger partial charge in [0.05, 0.1) is 5.69 Å². The molecule has 116 valence electrons. The van der Waals surface area contributed by atoms with Gasteiger partial charge in [0.25, 0.3) is 0 Å². The summed E-state index contributed by atoms with van der Waals surface area (Å²) >= 11 is 16.7. The van der Waals surface area contributed by atoms with Crippen molar-refractivity contribution in [3.05, 3.63) is 22.5 Å². The first-order chi connectivity index (χ1) is 9.81. The molecule has 2 rings (SSSR count). The number of nitrogens with one attached hydrogen (secondary N) is 1. The Bertz CT molecular complexity index is 552. The van der Waals surface area contributed by atoms with Crippen molar-refractivity contribution in [1.82, 2.24) is 4.98 Å². The van der Waals surface area contributed by atoms with Crippen molar-refractivity contribution < 1.29 is 9.53 Å². The van der Waals surface area contributed by atoms with E-state index < -0.39 is 9.89 Å². The first-order valence-corrected chi connectivity index (χ1v) is 7.97. The van der Waals surface area contributed by atoms with Crippen LogP contribution in [-0.2, 0) is 24.0 Å². The van der Waals surface area contributed by atoms with Gasteiger partial charge in [-0.1, -0.05) is 41.7 Å². The molecular weight excluding hydrogens is 335 g/mol. The van der Waals surface area contributed by atoms with Gasteiger partial charge in [0.15, 0.2) is 0 Å². The van der Waals surface area contributed by atoms with Gasteiger partial charge in [-0.05, 0) is 43.7 Å². The van der Waals surface area contributed by atoms with E-state index in [0.717, 1.165) is 53.9 Å². The topological polar surface area (TPSA) is 51.2 Å². The molecule has 21 heavy (non-hydrogen) atoms. The van der Waals surface area contributed by atoms with Gasteiger partial charge in [-0.25, -0.2) is 4.79 Å². The average molecular weight is 352 g/mol. The van der Waals surface area contributed by atoms with Crippen LogP contribution in [-0.4, -0.2) is 21.5 Å². The van der Waals surface area contributed by atoms with E-state index in [2.05, 4.69) is 10.3 Å². The van der Waals surface area contributed by atoms with Crippen LogP contribution in [0.15, 0.2) is 0 Å². The number of ether oxygens (including phenoxy) is 1. The summed E-state index contributed by atoms with van der Waals surface area (Å²) in [7, 11) is 0. The summed E-state index contributed by atoms with van der Waals surface area (Å²) in [5.74, 6) is 0. The number of carbonyl (C=O) groups is 1. The second kappa shape index (κ2) is 6.59. The molecule has 0 spiro atoms. The lowest BCUT2D eigenvalue weighted by atomic mass is 10.0. The Labute approximate surface area is 139 Å². The van der Waals surface area contributed by atoms with E-state index >= 15 is 0 Å². The molecule has 0 unspecified atom stereocenters. The quantitative estimate of drug-likeness (QED) is 0.823. The van der Waals surface area contributed by atoms with E-state index in [1.165, 1.54) is 0 Å². The fourth-order valence-corrected chi connectivity index (χ4v) is 2.79. The molecule has 1 amide bonds. The van der Waals surface area contributed by atoms with Crippen molar-refractivity contribution in [1.29, 1.82) is 0 Å². The zero-order chi connectivity index (χ0) is 15.6. The van der Waals surface area contributed by atoms with E-state index in [1.807, 2.05) is 13.8 Å². The van der Waals surface area contributed by atoms with Gasteiger partial charge < -0.3 is 4.74 Å². The predicted octanol–water partition coefficient (Wildman–Crippen LogP) is 4.36. The number of fused-ring (bicyclic) bond motifs is 1. The number of alkyl halides is 3. The molecule has 0 aromatic carbocycles. The third-order valence-corrected chi connectivity index (χ3v) is 3.81. The standard InChI is InChI=1S/C14H17Cl3N2O2/c1-3-9-8(2)18-11-6-4-5-10(11)12(9)19-13(20)21-7-14(15,16)17/h3-7H2,1-2H3,(H,18,19,20). The number of halogens is 3. The summed E-state index contributed by atoms with van der Waals surface area (Å²) in [6.45, 7) is 3.69. The number of hydrogen-bond donors (Lipinski definition) is 1. The minimum absolute atomic E-state index is 0.294. The number of aryl methyl sites for hydroxylation is 2. The maximum Gasteiger partial charge on any atom is 0.411 e. The molecule has 0 saturated carbocycles. The van der Waals surface area contributed by atoms with Crippen molar-refractivity contribution >= 4 is 46.6 Å². The molecule has 0 atom stereocenters. The fraction of sp³-hybridized carbons (Fsp3) is 0.571. The summed E-state index contributed by atoms with van der Waals surface area (Å²) in [6, 6.07) is 0. The van der Waals surface area contributed by atoms with E-state index in [9.17, 15) is 4.79 Å². The summed E-state index contributed by atoms with van der Waals surface area (Å²) in [5, 5.41) is 2.80. The average Bonchev–Trinajstić information content (AvgIpc) is 2.83. The molecule has 0 radical (unpaired) electrons. The highest BCUT2D eigenvalue weighted by Gasteiger charge is 2.25. The maximum atomic E-state index is 11.9. The molecule has 7 heteroatoms. The lowest BCUT2D eigenvalue weighted by Gasteiger charge is -2.17. The number of hydrogen-bond acceptors (Lipinski definition) is 3. The van der Waals surface area contributed by atoms with Gasteiger partial charge in [0.1, 0.15) is 6.61 Å². The van der Waals surface area contributed by atoms with E-state index in [4.69, 9.17) is 39.5 Å². The minimum Gasteiger partial charge on any atom is -0.445 e. The molecule has 1 N–H and O–H groups in total. The molecular formula is C14H17Cl3N2O2. The SMILES string of the molecule is CCc1c(C)nc2c(c1NC(=O)OCC(Cl)(Cl)Cl)CCC2. The van der Waals surface area contributed by atoms with Gasteiger partial charge in [-0.2, -0.15) is 0 Å². The van der Waals surface area contributed by atoms with Gasteiger partial charge in [0.2, 0.25) is 3.79 Å². The highest BCUT2D eigenvalue weighted by molar-refractivity contribution is 6.67. The van der Waals surface area contributed by atoms with Crippen LogP contribution in [0.25, 0.3) is 0 Å². The monoisotopic (exact) mass is 350 g/mol. The van der Waals surface area contributed by atoms with Crippen LogP contribution >= 0.6 is 34.8 Å². The molecule has 1 aromatic heterocycles. The molecule has 4 nitrogen and oxygen atoms in total. The van der Waals surface area contributed by atoms with Gasteiger partial charge in [-0.3, -0.25) is 10.3 Å². The number of carbonyl (C=O) groups excluding carboxylic acids is 1. The highest BCUT2D eigenvalue weighted by Crippen LogP contribution is 2.33. The number of pyridine rings is 1. The Morgan fingerprint density at radius 2 is 2.10 bits per heavy atom. The van der Waals surface area contributed by atoms with Gasteiger partial charge >= 0.3 is 6.09 Å². The summed E-state index contributed by atoms with van der Waals surface area (Å²) in [5.41, 5.74) is 4.94. The van der Waals surface area contributed by atoms with Crippen molar-refractivity contribution in [2.75, 3.05) is 11.9 Å².